The lowest BCUT2D eigenvalue weighted by molar-refractivity contribution is -0.159. The van der Waals surface area contributed by atoms with Crippen molar-refractivity contribution in [2.75, 3.05) is 20.0 Å². The van der Waals surface area contributed by atoms with E-state index < -0.39 is 10.8 Å². The van der Waals surface area contributed by atoms with Crippen LogP contribution < -0.4 is 0 Å². The van der Waals surface area contributed by atoms with Gasteiger partial charge in [-0.25, -0.2) is 0 Å². The van der Waals surface area contributed by atoms with Gasteiger partial charge in [-0.15, -0.1) is 11.8 Å². The maximum absolute atomic E-state index is 13.9. The van der Waals surface area contributed by atoms with Gasteiger partial charge in [0.05, 0.1) is 12.5 Å². The van der Waals surface area contributed by atoms with Gasteiger partial charge in [0.2, 0.25) is 11.9 Å². The van der Waals surface area contributed by atoms with E-state index in [0.29, 0.717) is 12.3 Å². The van der Waals surface area contributed by atoms with Gasteiger partial charge < -0.3 is 9.47 Å². The minimum absolute atomic E-state index is 0.0992. The van der Waals surface area contributed by atoms with Crippen LogP contribution in [0.5, 0.6) is 0 Å². The van der Waals surface area contributed by atoms with Crippen molar-refractivity contribution in [3.05, 3.63) is 22.1 Å². The number of fused-ring (bicyclic) bond motifs is 3. The Morgan fingerprint density at radius 2 is 2.03 bits per heavy atom. The van der Waals surface area contributed by atoms with Crippen molar-refractivity contribution in [1.82, 2.24) is 0 Å². The molecule has 3 rings (SSSR count). The normalized spacial score (nSPS) is 35.4. The minimum Gasteiger partial charge on any atom is -0.468 e. The molecule has 0 heterocycles. The number of hydrogen-bond donors (Lipinski definition) is 0. The molecule has 3 aliphatic carbocycles. The monoisotopic (exact) mass is 435 g/mol. The first-order chi connectivity index (χ1) is 14.3. The van der Waals surface area contributed by atoms with Crippen LogP contribution in [0.1, 0.15) is 72.6 Å². The van der Waals surface area contributed by atoms with Crippen LogP contribution in [0.25, 0.3) is 0 Å². The summed E-state index contributed by atoms with van der Waals surface area (Å²) in [4.78, 5) is 27.0. The number of ketones is 1. The molecular weight excluding hydrogens is 396 g/mol. The van der Waals surface area contributed by atoms with E-state index in [9.17, 15) is 9.59 Å². The van der Waals surface area contributed by atoms with Crippen molar-refractivity contribution in [3.63, 3.8) is 0 Å². The maximum Gasteiger partial charge on any atom is 0.315 e. The van der Waals surface area contributed by atoms with Crippen molar-refractivity contribution in [1.29, 1.82) is 0 Å². The van der Waals surface area contributed by atoms with Crippen LogP contribution in [0.15, 0.2) is 22.1 Å². The number of thioether (sulfide) groups is 1. The Bertz CT molecular complexity index is 752. The van der Waals surface area contributed by atoms with Gasteiger partial charge >= 0.3 is 5.97 Å². The average Bonchev–Trinajstić information content (AvgIpc) is 3.09. The number of esters is 1. The summed E-state index contributed by atoms with van der Waals surface area (Å²) < 4.78 is 9.89. The lowest BCUT2D eigenvalue weighted by atomic mass is 9.54. The van der Waals surface area contributed by atoms with Gasteiger partial charge in [0.15, 0.2) is 0 Å². The van der Waals surface area contributed by atoms with E-state index in [1.807, 2.05) is 0 Å². The van der Waals surface area contributed by atoms with Gasteiger partial charge in [-0.3, -0.25) is 9.59 Å². The summed E-state index contributed by atoms with van der Waals surface area (Å²) in [5, 5.41) is 2.19. The van der Waals surface area contributed by atoms with Gasteiger partial charge in [0.25, 0.3) is 0 Å². The zero-order valence-corrected chi connectivity index (χ0v) is 20.4. The number of methoxy groups -OCH3 is 1. The Hall–Kier alpha value is -1.07. The zero-order chi connectivity index (χ0) is 22.1. The SMILES string of the molecule is CCCS/C=C1\CC[C@@H]2C3=C(C(C)C)CC[C@]3(C(=O)OC)CC[C@@]2(C)C(=O)C1[OH+]C. The Morgan fingerprint density at radius 3 is 2.63 bits per heavy atom. The number of allylic oxidation sites excluding steroid dienone is 1. The molecule has 4 nitrogen and oxygen atoms in total. The van der Waals surface area contributed by atoms with Crippen molar-refractivity contribution in [2.24, 2.45) is 22.7 Å². The van der Waals surface area contributed by atoms with Crippen LogP contribution in [0.3, 0.4) is 0 Å². The molecule has 3 aliphatic rings. The van der Waals surface area contributed by atoms with Crippen molar-refractivity contribution < 1.29 is 19.1 Å². The molecule has 0 aromatic heterocycles. The first-order valence-corrected chi connectivity index (χ1v) is 12.6. The molecule has 1 N–H and O–H groups in total. The van der Waals surface area contributed by atoms with Gasteiger partial charge in [-0.2, -0.15) is 0 Å². The zero-order valence-electron chi connectivity index (χ0n) is 19.5. The molecule has 2 saturated carbocycles. The van der Waals surface area contributed by atoms with Gasteiger partial charge in [-0.1, -0.05) is 33.3 Å². The molecule has 0 saturated heterocycles. The molecule has 168 valence electrons. The number of ether oxygens (including phenoxy) is 2. The molecule has 0 aliphatic heterocycles. The summed E-state index contributed by atoms with van der Waals surface area (Å²) >= 11 is 1.79. The Labute approximate surface area is 186 Å². The van der Waals surface area contributed by atoms with Crippen LogP contribution in [0.2, 0.25) is 0 Å². The summed E-state index contributed by atoms with van der Waals surface area (Å²) in [6, 6.07) is 0. The first-order valence-electron chi connectivity index (χ1n) is 11.5. The van der Waals surface area contributed by atoms with Crippen LogP contribution in [-0.2, 0) is 14.3 Å². The fourth-order valence-corrected chi connectivity index (χ4v) is 7.01. The molecule has 0 aromatic carbocycles. The molecule has 0 aromatic rings. The largest absolute Gasteiger partial charge is 0.468 e. The predicted octanol–water partition coefficient (Wildman–Crippen LogP) is 5.22. The quantitative estimate of drug-likeness (QED) is 0.248. The molecule has 0 radical (unpaired) electrons. The molecule has 5 heteroatoms. The fourth-order valence-electron chi connectivity index (χ4n) is 6.19. The highest BCUT2D eigenvalue weighted by molar-refractivity contribution is 8.02. The number of carbonyl (C=O) groups excluding carboxylic acids is 2. The third-order valence-corrected chi connectivity index (χ3v) is 8.96. The number of Topliss-reactive ketones (excluding diaryl/α,β-unsaturated/α-hetero) is 1. The molecule has 0 amide bonds. The second-order valence-corrected chi connectivity index (χ2v) is 10.7. The summed E-state index contributed by atoms with van der Waals surface area (Å²) in [5.41, 5.74) is 2.81. The molecular formula is C25H39O4S+. The standard InChI is InChI=1S/C25H38O4S/c1-7-14-30-15-17-8-9-19-20-18(16(2)3)10-11-25(20,23(27)29-6)13-12-24(19,4)22(26)21(17)28-5/h15-16,19,21H,7-14H2,1-6H3/p+1/b17-15+/t19-,21?,24-,25+/m1/s1. The molecule has 0 spiro atoms. The minimum atomic E-state index is -0.525. The lowest BCUT2D eigenvalue weighted by Gasteiger charge is -2.48. The number of rotatable bonds is 6. The van der Waals surface area contributed by atoms with E-state index >= 15 is 0 Å². The maximum atomic E-state index is 13.9. The number of aliphatic hydroxyl groups is 2. The molecule has 1 unspecified atom stereocenters. The second kappa shape index (κ2) is 9.20. The Morgan fingerprint density at radius 1 is 1.30 bits per heavy atom. The van der Waals surface area contributed by atoms with Gasteiger partial charge in [-0.05, 0) is 73.5 Å². The third kappa shape index (κ3) is 3.70. The van der Waals surface area contributed by atoms with E-state index in [4.69, 9.17) is 4.74 Å². The lowest BCUT2D eigenvalue weighted by Crippen LogP contribution is -2.51. The number of carbonyl (C=O) groups is 2. The smallest absolute Gasteiger partial charge is 0.315 e. The van der Waals surface area contributed by atoms with Crippen molar-refractivity contribution in [2.45, 2.75) is 78.7 Å². The predicted molar refractivity (Wildman–Crippen MR) is 123 cm³/mol. The summed E-state index contributed by atoms with van der Waals surface area (Å²) in [5.74, 6) is 1.69. The molecule has 2 fully saturated rings. The van der Waals surface area contributed by atoms with E-state index in [1.165, 1.54) is 18.3 Å². The summed E-state index contributed by atoms with van der Waals surface area (Å²) in [6.07, 6.45) is 5.78. The van der Waals surface area contributed by atoms with E-state index in [1.54, 1.807) is 18.9 Å². The topological polar surface area (TPSA) is 56.2 Å². The third-order valence-electron chi connectivity index (χ3n) is 7.84. The van der Waals surface area contributed by atoms with E-state index in [2.05, 4.69) is 37.8 Å². The molecule has 4 atom stereocenters. The first kappa shape index (κ1) is 23.6. The van der Waals surface area contributed by atoms with Crippen molar-refractivity contribution in [3.8, 4) is 0 Å². The highest BCUT2D eigenvalue weighted by Crippen LogP contribution is 2.63. The number of hydrogen-bond acceptors (Lipinski definition) is 4. The molecule has 30 heavy (non-hydrogen) atoms. The van der Waals surface area contributed by atoms with Crippen LogP contribution >= 0.6 is 11.8 Å². The van der Waals surface area contributed by atoms with Crippen molar-refractivity contribution >= 4 is 23.5 Å². The highest BCUT2D eigenvalue weighted by atomic mass is 32.2. The summed E-state index contributed by atoms with van der Waals surface area (Å²) in [7, 11) is 3.28. The van der Waals surface area contributed by atoms with Crippen LogP contribution in [0.4, 0.5) is 0 Å². The highest BCUT2D eigenvalue weighted by Gasteiger charge is 2.62. The average molecular weight is 436 g/mol. The molecule has 0 bridgehead atoms. The van der Waals surface area contributed by atoms with Crippen LogP contribution in [-0.4, -0.2) is 42.6 Å². The van der Waals surface area contributed by atoms with Gasteiger partial charge in [0.1, 0.15) is 7.11 Å². The van der Waals surface area contributed by atoms with Crippen LogP contribution in [0, 0.1) is 22.7 Å². The summed E-state index contributed by atoms with van der Waals surface area (Å²) in [6.45, 7) is 8.76. The van der Waals surface area contributed by atoms with E-state index in [0.717, 1.165) is 49.9 Å². The second-order valence-electron chi connectivity index (χ2n) is 9.76. The Balaban J connectivity index is 2.10. The fraction of sp³-hybridized carbons (Fsp3) is 0.760. The Kier molecular flexibility index (Phi) is 7.23. The van der Waals surface area contributed by atoms with E-state index in [-0.39, 0.29) is 23.8 Å². The van der Waals surface area contributed by atoms with Gasteiger partial charge in [0, 0.05) is 11.0 Å².